The molecule has 1 heterocycles. The Balaban J connectivity index is 2.40. The van der Waals surface area contributed by atoms with Gasteiger partial charge in [0.1, 0.15) is 11.5 Å². The fourth-order valence-corrected chi connectivity index (χ4v) is 4.10. The zero-order valence-corrected chi connectivity index (χ0v) is 13.0. The molecule has 8 heteroatoms. The van der Waals surface area contributed by atoms with E-state index in [4.69, 9.17) is 14.2 Å². The Morgan fingerprint density at radius 3 is 2.19 bits per heavy atom. The smallest absolute Gasteiger partial charge is 0.250 e. The van der Waals surface area contributed by atoms with Crippen LogP contribution in [0, 0.1) is 0 Å². The van der Waals surface area contributed by atoms with Crippen LogP contribution >= 0.6 is 0 Å². The summed E-state index contributed by atoms with van der Waals surface area (Å²) in [7, 11) is 0.470. The summed E-state index contributed by atoms with van der Waals surface area (Å²) in [5, 5.41) is 9.92. The number of sulfonamides is 1. The first-order valence-electron chi connectivity index (χ1n) is 6.37. The predicted molar refractivity (Wildman–Crippen MR) is 75.0 cm³/mol. The van der Waals surface area contributed by atoms with Gasteiger partial charge in [-0.15, -0.1) is 0 Å². The lowest BCUT2D eigenvalue weighted by atomic mass is 10.3. The summed E-state index contributed by atoms with van der Waals surface area (Å²) < 4.78 is 42.2. The van der Waals surface area contributed by atoms with Crippen LogP contribution in [0.4, 0.5) is 0 Å². The molecule has 0 aliphatic carbocycles. The molecule has 0 unspecified atom stereocenters. The van der Waals surface area contributed by atoms with Gasteiger partial charge in [-0.1, -0.05) is 6.07 Å². The van der Waals surface area contributed by atoms with Gasteiger partial charge in [0, 0.05) is 27.3 Å². The first-order valence-corrected chi connectivity index (χ1v) is 7.81. The van der Waals surface area contributed by atoms with Crippen LogP contribution in [-0.4, -0.2) is 64.5 Å². The van der Waals surface area contributed by atoms with E-state index >= 15 is 0 Å². The maximum absolute atomic E-state index is 12.7. The van der Waals surface area contributed by atoms with Crippen LogP contribution in [0.25, 0.3) is 0 Å². The lowest BCUT2D eigenvalue weighted by Crippen LogP contribution is -2.30. The van der Waals surface area contributed by atoms with Crippen molar-refractivity contribution in [2.45, 2.75) is 17.1 Å². The van der Waals surface area contributed by atoms with Crippen LogP contribution < -0.4 is 4.74 Å². The molecule has 21 heavy (non-hydrogen) atoms. The number of methoxy groups -OCH3 is 3. The summed E-state index contributed by atoms with van der Waals surface area (Å²) >= 11 is 0. The highest BCUT2D eigenvalue weighted by atomic mass is 32.2. The molecule has 1 aromatic rings. The predicted octanol–water partition coefficient (Wildman–Crippen LogP) is 0.435. The van der Waals surface area contributed by atoms with Gasteiger partial charge < -0.3 is 19.3 Å². The second-order valence-electron chi connectivity index (χ2n) is 4.68. The minimum Gasteiger partial charge on any atom is -0.506 e. The number of phenolic OH excluding ortho intramolecular Hbond substituents is 1. The molecule has 0 bridgehead atoms. The standard InChI is InChI=1S/C13H19NO6S/c1-18-10-6-4-5-9(15)13(10)21(16,17)14-7-11(19-2)12(8-14)20-3/h4-6,11-12,15H,7-8H2,1-3H3/t11-,12+. The normalized spacial score (nSPS) is 23.4. The number of aromatic hydroxyl groups is 1. The Morgan fingerprint density at radius 2 is 1.71 bits per heavy atom. The van der Waals surface area contributed by atoms with Crippen LogP contribution in [0.5, 0.6) is 11.5 Å². The molecule has 1 N–H and O–H groups in total. The van der Waals surface area contributed by atoms with Crippen molar-refractivity contribution in [2.75, 3.05) is 34.4 Å². The molecule has 0 amide bonds. The van der Waals surface area contributed by atoms with E-state index in [9.17, 15) is 13.5 Å². The molecule has 2 rings (SSSR count). The lowest BCUT2D eigenvalue weighted by Gasteiger charge is -2.18. The van der Waals surface area contributed by atoms with Crippen LogP contribution in [0.3, 0.4) is 0 Å². The molecular formula is C13H19NO6S. The molecule has 0 saturated carbocycles. The number of hydrogen-bond acceptors (Lipinski definition) is 6. The van der Waals surface area contributed by atoms with Gasteiger partial charge >= 0.3 is 0 Å². The van der Waals surface area contributed by atoms with E-state index in [1.807, 2.05) is 0 Å². The van der Waals surface area contributed by atoms with Crippen molar-refractivity contribution in [3.63, 3.8) is 0 Å². The first kappa shape index (κ1) is 16.0. The summed E-state index contributed by atoms with van der Waals surface area (Å²) in [5.41, 5.74) is 0. The number of rotatable bonds is 5. The SMILES string of the molecule is COc1cccc(O)c1S(=O)(=O)N1C[C@H](OC)[C@H](OC)C1. The van der Waals surface area contributed by atoms with Crippen molar-refractivity contribution in [3.8, 4) is 11.5 Å². The minimum absolute atomic E-state index is 0.102. The molecule has 118 valence electrons. The third-order valence-electron chi connectivity index (χ3n) is 3.56. The summed E-state index contributed by atoms with van der Waals surface area (Å²) in [4.78, 5) is -0.237. The van der Waals surface area contributed by atoms with Gasteiger partial charge in [0.25, 0.3) is 10.0 Å². The lowest BCUT2D eigenvalue weighted by molar-refractivity contribution is -0.00461. The van der Waals surface area contributed by atoms with E-state index in [2.05, 4.69) is 0 Å². The number of hydrogen-bond donors (Lipinski definition) is 1. The fraction of sp³-hybridized carbons (Fsp3) is 0.538. The van der Waals surface area contributed by atoms with E-state index in [-0.39, 0.29) is 41.7 Å². The van der Waals surface area contributed by atoms with Gasteiger partial charge in [-0.3, -0.25) is 0 Å². The number of ether oxygens (including phenoxy) is 3. The maximum Gasteiger partial charge on any atom is 0.250 e. The van der Waals surface area contributed by atoms with Crippen molar-refractivity contribution in [3.05, 3.63) is 18.2 Å². The van der Waals surface area contributed by atoms with Crippen LogP contribution in [0.15, 0.2) is 23.1 Å². The molecule has 0 spiro atoms. The van der Waals surface area contributed by atoms with Crippen LogP contribution in [0.1, 0.15) is 0 Å². The second kappa shape index (κ2) is 6.18. The van der Waals surface area contributed by atoms with Gasteiger partial charge in [-0.25, -0.2) is 8.42 Å². The quantitative estimate of drug-likeness (QED) is 0.848. The van der Waals surface area contributed by atoms with E-state index < -0.39 is 10.0 Å². The highest BCUT2D eigenvalue weighted by Crippen LogP contribution is 2.36. The molecule has 0 aromatic heterocycles. The Kier molecular flexibility index (Phi) is 4.72. The molecule has 7 nitrogen and oxygen atoms in total. The van der Waals surface area contributed by atoms with Crippen LogP contribution in [0.2, 0.25) is 0 Å². The van der Waals surface area contributed by atoms with Gasteiger partial charge in [0.15, 0.2) is 4.90 Å². The first-order chi connectivity index (χ1) is 9.95. The molecule has 1 aliphatic rings. The molecule has 0 radical (unpaired) electrons. The molecular weight excluding hydrogens is 298 g/mol. The monoisotopic (exact) mass is 317 g/mol. The number of nitrogens with zero attached hydrogens (tertiary/aromatic N) is 1. The van der Waals surface area contributed by atoms with Crippen molar-refractivity contribution in [1.29, 1.82) is 0 Å². The Bertz CT molecular complexity index is 591. The zero-order valence-electron chi connectivity index (χ0n) is 12.1. The maximum atomic E-state index is 12.7. The molecule has 2 atom stereocenters. The van der Waals surface area contributed by atoms with E-state index in [0.29, 0.717) is 0 Å². The van der Waals surface area contributed by atoms with Gasteiger partial charge in [-0.05, 0) is 12.1 Å². The highest BCUT2D eigenvalue weighted by molar-refractivity contribution is 7.89. The van der Waals surface area contributed by atoms with E-state index in [0.717, 1.165) is 0 Å². The van der Waals surface area contributed by atoms with Gasteiger partial charge in [0.05, 0.1) is 19.3 Å². The highest BCUT2D eigenvalue weighted by Gasteiger charge is 2.41. The fourth-order valence-electron chi connectivity index (χ4n) is 2.41. The van der Waals surface area contributed by atoms with Crippen LogP contribution in [-0.2, 0) is 19.5 Å². The van der Waals surface area contributed by atoms with Crippen molar-refractivity contribution < 1.29 is 27.7 Å². The topological polar surface area (TPSA) is 85.3 Å². The molecule has 1 aromatic carbocycles. The third kappa shape index (κ3) is 2.84. The minimum atomic E-state index is -3.90. The average Bonchev–Trinajstić information content (AvgIpc) is 2.90. The molecule has 1 fully saturated rings. The van der Waals surface area contributed by atoms with E-state index in [1.54, 1.807) is 0 Å². The van der Waals surface area contributed by atoms with Crippen molar-refractivity contribution in [2.24, 2.45) is 0 Å². The summed E-state index contributed by atoms with van der Waals surface area (Å²) in [6.45, 7) is 0.323. The van der Waals surface area contributed by atoms with E-state index in [1.165, 1.54) is 43.8 Å². The third-order valence-corrected chi connectivity index (χ3v) is 5.47. The van der Waals surface area contributed by atoms with Gasteiger partial charge in [0.2, 0.25) is 0 Å². The van der Waals surface area contributed by atoms with Crippen molar-refractivity contribution in [1.82, 2.24) is 4.31 Å². The Labute approximate surface area is 124 Å². The number of phenols is 1. The number of benzene rings is 1. The summed E-state index contributed by atoms with van der Waals surface area (Å²) in [5.74, 6) is -0.242. The zero-order chi connectivity index (χ0) is 15.6. The average molecular weight is 317 g/mol. The van der Waals surface area contributed by atoms with Crippen molar-refractivity contribution >= 4 is 10.0 Å². The van der Waals surface area contributed by atoms with Gasteiger partial charge in [-0.2, -0.15) is 4.31 Å². The molecule has 1 aliphatic heterocycles. The molecule has 1 saturated heterocycles. The second-order valence-corrected chi connectivity index (χ2v) is 6.55. The Morgan fingerprint density at radius 1 is 1.14 bits per heavy atom. The Hall–Kier alpha value is -1.35. The summed E-state index contributed by atoms with van der Waals surface area (Å²) in [6, 6.07) is 4.32. The largest absolute Gasteiger partial charge is 0.506 e. The summed E-state index contributed by atoms with van der Waals surface area (Å²) in [6.07, 6.45) is -0.691.